The van der Waals surface area contributed by atoms with Crippen molar-refractivity contribution in [3.63, 3.8) is 0 Å². The number of nitrogens with one attached hydrogen (secondary N) is 2. The van der Waals surface area contributed by atoms with E-state index in [9.17, 15) is 9.59 Å². The number of rotatable bonds is 4. The van der Waals surface area contributed by atoms with Crippen LogP contribution in [0.4, 0.5) is 11.5 Å². The number of fused-ring (bicyclic) bond motifs is 1. The van der Waals surface area contributed by atoms with Crippen molar-refractivity contribution in [3.8, 4) is 5.75 Å². The van der Waals surface area contributed by atoms with E-state index in [1.807, 2.05) is 26.0 Å². The molecule has 2 unspecified atom stereocenters. The Bertz CT molecular complexity index is 1040. The second-order valence-electron chi connectivity index (χ2n) is 6.90. The van der Waals surface area contributed by atoms with Crippen molar-refractivity contribution in [2.75, 3.05) is 10.6 Å². The van der Waals surface area contributed by atoms with Crippen molar-refractivity contribution in [2.45, 2.75) is 32.4 Å². The van der Waals surface area contributed by atoms with Gasteiger partial charge in [-0.05, 0) is 50.6 Å². The maximum absolute atomic E-state index is 13.0. The number of furan rings is 1. The predicted octanol–water partition coefficient (Wildman–Crippen LogP) is 3.12. The fourth-order valence-electron chi connectivity index (χ4n) is 3.09. The van der Waals surface area contributed by atoms with Crippen LogP contribution in [0.3, 0.4) is 0 Å². The molecule has 0 fully saturated rings. The third kappa shape index (κ3) is 2.92. The van der Waals surface area contributed by atoms with Gasteiger partial charge in [0.25, 0.3) is 17.4 Å². The second-order valence-corrected chi connectivity index (χ2v) is 6.90. The molecular weight excluding hydrogens is 360 g/mol. The Kier molecular flexibility index (Phi) is 4.18. The van der Waals surface area contributed by atoms with E-state index in [4.69, 9.17) is 9.15 Å². The maximum Gasteiger partial charge on any atom is 0.279 e. The summed E-state index contributed by atoms with van der Waals surface area (Å²) in [6.07, 6.45) is 3.14. The first-order valence-electron chi connectivity index (χ1n) is 8.88. The highest BCUT2D eigenvalue weighted by Crippen LogP contribution is 2.35. The van der Waals surface area contributed by atoms with Gasteiger partial charge in [-0.3, -0.25) is 9.59 Å². The Balaban J connectivity index is 1.58. The molecule has 4 rings (SSSR count). The molecule has 2 atom stereocenters. The third-order valence-electron chi connectivity index (χ3n) is 4.80. The molecule has 8 nitrogen and oxygen atoms in total. The zero-order chi connectivity index (χ0) is 19.9. The zero-order valence-corrected chi connectivity index (χ0v) is 15.7. The summed E-state index contributed by atoms with van der Waals surface area (Å²) in [5, 5.41) is 9.76. The summed E-state index contributed by atoms with van der Waals surface area (Å²) in [4.78, 5) is 25.6. The molecule has 1 aromatic carbocycles. The van der Waals surface area contributed by atoms with Gasteiger partial charge in [0.2, 0.25) is 0 Å². The average Bonchev–Trinajstić information content (AvgIpc) is 3.34. The van der Waals surface area contributed by atoms with E-state index in [0.29, 0.717) is 23.0 Å². The van der Waals surface area contributed by atoms with Gasteiger partial charge in [-0.15, -0.1) is 0 Å². The number of aromatic nitrogens is 2. The number of amides is 2. The van der Waals surface area contributed by atoms with Crippen LogP contribution < -0.4 is 15.4 Å². The van der Waals surface area contributed by atoms with E-state index in [0.717, 1.165) is 5.56 Å². The lowest BCUT2D eigenvalue weighted by atomic mass is 10.0. The first kappa shape index (κ1) is 17.8. The molecule has 28 heavy (non-hydrogen) atoms. The number of hydrogen-bond acceptors (Lipinski definition) is 5. The number of anilines is 2. The molecule has 3 heterocycles. The van der Waals surface area contributed by atoms with E-state index < -0.39 is 17.4 Å². The summed E-state index contributed by atoms with van der Waals surface area (Å²) >= 11 is 0. The molecule has 3 aromatic rings. The van der Waals surface area contributed by atoms with Gasteiger partial charge in [-0.1, -0.05) is 6.07 Å². The van der Waals surface area contributed by atoms with Crippen LogP contribution >= 0.6 is 0 Å². The Morgan fingerprint density at radius 1 is 1.32 bits per heavy atom. The molecule has 1 aliphatic heterocycles. The largest absolute Gasteiger partial charge is 0.467 e. The van der Waals surface area contributed by atoms with Crippen molar-refractivity contribution in [1.29, 1.82) is 0 Å². The molecule has 0 spiro atoms. The Labute approximate surface area is 161 Å². The summed E-state index contributed by atoms with van der Waals surface area (Å²) in [7, 11) is 0. The van der Waals surface area contributed by atoms with Crippen LogP contribution in [0.2, 0.25) is 0 Å². The van der Waals surface area contributed by atoms with Crippen molar-refractivity contribution in [2.24, 2.45) is 0 Å². The molecule has 0 radical (unpaired) electrons. The number of ether oxygens (including phenoxy) is 1. The van der Waals surface area contributed by atoms with Gasteiger partial charge >= 0.3 is 0 Å². The predicted molar refractivity (Wildman–Crippen MR) is 102 cm³/mol. The molecule has 2 aromatic heterocycles. The van der Waals surface area contributed by atoms with Gasteiger partial charge in [-0.2, -0.15) is 5.10 Å². The van der Waals surface area contributed by atoms with E-state index >= 15 is 0 Å². The number of carbonyl (C=O) groups is 2. The molecule has 0 saturated carbocycles. The van der Waals surface area contributed by atoms with Crippen LogP contribution in [-0.4, -0.2) is 27.2 Å². The molecule has 8 heteroatoms. The lowest BCUT2D eigenvalue weighted by molar-refractivity contribution is -0.143. The van der Waals surface area contributed by atoms with Gasteiger partial charge in [0.05, 0.1) is 18.1 Å². The highest BCUT2D eigenvalue weighted by atomic mass is 16.5. The number of aryl methyl sites for hydroxylation is 1. The van der Waals surface area contributed by atoms with Crippen molar-refractivity contribution in [1.82, 2.24) is 9.78 Å². The monoisotopic (exact) mass is 380 g/mol. The zero-order valence-electron chi connectivity index (χ0n) is 15.7. The van der Waals surface area contributed by atoms with Gasteiger partial charge in [0, 0.05) is 6.07 Å². The summed E-state index contributed by atoms with van der Waals surface area (Å²) in [6.45, 7) is 5.25. The Morgan fingerprint density at radius 2 is 2.14 bits per heavy atom. The van der Waals surface area contributed by atoms with Gasteiger partial charge in [-0.25, -0.2) is 4.68 Å². The lowest BCUT2D eigenvalue weighted by Crippen LogP contribution is -2.56. The number of hydrogen-bond donors (Lipinski definition) is 2. The fourth-order valence-corrected chi connectivity index (χ4v) is 3.09. The molecule has 0 aliphatic carbocycles. The minimum absolute atomic E-state index is 0.238. The van der Waals surface area contributed by atoms with E-state index in [-0.39, 0.29) is 6.04 Å². The Morgan fingerprint density at radius 3 is 2.89 bits per heavy atom. The third-order valence-corrected chi connectivity index (χ3v) is 4.80. The van der Waals surface area contributed by atoms with Crippen LogP contribution in [0.25, 0.3) is 0 Å². The molecule has 1 aliphatic rings. The number of nitrogens with zero attached hydrogens (tertiary/aromatic N) is 2. The van der Waals surface area contributed by atoms with Gasteiger partial charge in [0.15, 0.2) is 0 Å². The summed E-state index contributed by atoms with van der Waals surface area (Å²) in [5.41, 5.74) is -0.191. The summed E-state index contributed by atoms with van der Waals surface area (Å²) < 4.78 is 12.8. The highest BCUT2D eigenvalue weighted by molar-refractivity contribution is 6.18. The fraction of sp³-hybridized carbons (Fsp3) is 0.250. The van der Waals surface area contributed by atoms with Crippen LogP contribution in [0, 0.1) is 6.92 Å². The summed E-state index contributed by atoms with van der Waals surface area (Å²) in [6, 6.07) is 10.4. The van der Waals surface area contributed by atoms with Gasteiger partial charge in [0.1, 0.15) is 23.4 Å². The van der Waals surface area contributed by atoms with Crippen LogP contribution in [0.1, 0.15) is 31.2 Å². The number of carbonyl (C=O) groups excluding carboxylic acids is 2. The van der Waals surface area contributed by atoms with Crippen LogP contribution in [0.15, 0.2) is 53.3 Å². The second kappa shape index (κ2) is 6.56. The summed E-state index contributed by atoms with van der Waals surface area (Å²) in [5.74, 6) is 0.445. The SMILES string of the molecule is Cc1ccc2c(c1)NC(=O)C(C)(C(=O)Nc1ccnn1C(C)c1ccco1)O2. The van der Waals surface area contributed by atoms with Crippen molar-refractivity contribution >= 4 is 23.3 Å². The normalized spacial score (nSPS) is 19.3. The standard InChI is InChI=1S/C20H20N4O4/c1-12-6-7-16-14(11-12)22-18(25)20(3,28-16)19(26)23-17-8-9-21-24(17)13(2)15-5-4-10-27-15/h4-11,13H,1-3H3,(H,22,25)(H,23,26). The molecule has 0 bridgehead atoms. The molecule has 0 saturated heterocycles. The minimum Gasteiger partial charge on any atom is -0.467 e. The molecule has 2 amide bonds. The van der Waals surface area contributed by atoms with Crippen molar-refractivity contribution in [3.05, 3.63) is 60.2 Å². The average molecular weight is 380 g/mol. The van der Waals surface area contributed by atoms with E-state index in [1.165, 1.54) is 6.92 Å². The first-order valence-corrected chi connectivity index (χ1v) is 8.88. The van der Waals surface area contributed by atoms with E-state index in [1.54, 1.807) is 41.4 Å². The maximum atomic E-state index is 13.0. The van der Waals surface area contributed by atoms with Crippen LogP contribution in [-0.2, 0) is 9.59 Å². The lowest BCUT2D eigenvalue weighted by Gasteiger charge is -2.33. The highest BCUT2D eigenvalue weighted by Gasteiger charge is 2.47. The molecule has 144 valence electrons. The smallest absolute Gasteiger partial charge is 0.279 e. The topological polar surface area (TPSA) is 98.4 Å². The number of benzene rings is 1. The Hall–Kier alpha value is -3.55. The first-order chi connectivity index (χ1) is 13.4. The van der Waals surface area contributed by atoms with Crippen molar-refractivity contribution < 1.29 is 18.7 Å². The minimum atomic E-state index is -1.72. The molecular formula is C20H20N4O4. The van der Waals surface area contributed by atoms with Crippen LogP contribution in [0.5, 0.6) is 5.75 Å². The van der Waals surface area contributed by atoms with E-state index in [2.05, 4.69) is 15.7 Å². The quantitative estimate of drug-likeness (QED) is 0.678. The molecule has 2 N–H and O–H groups in total. The van der Waals surface area contributed by atoms with Gasteiger partial charge < -0.3 is 19.8 Å².